The topological polar surface area (TPSA) is 89.1 Å². The number of nitrogens with zero attached hydrogens (tertiary/aromatic N) is 5. The number of carbonyl (C=O) groups is 1. The SMILES string of the molecule is CSc1ncc(CNC(=O)N2CCC(c3nc(C(C)C)no3)CC2)n1C. The highest BCUT2D eigenvalue weighted by Gasteiger charge is 2.27. The maximum Gasteiger partial charge on any atom is 0.317 e. The van der Waals surface area contributed by atoms with Crippen molar-refractivity contribution in [3.63, 3.8) is 0 Å². The predicted octanol–water partition coefficient (Wildman–Crippen LogP) is 2.74. The molecule has 142 valence electrons. The molecular formula is C17H26N6O2S. The van der Waals surface area contributed by atoms with Gasteiger partial charge in [-0.2, -0.15) is 4.98 Å². The van der Waals surface area contributed by atoms with Crippen LogP contribution in [0.2, 0.25) is 0 Å². The van der Waals surface area contributed by atoms with Crippen molar-refractivity contribution in [1.29, 1.82) is 0 Å². The largest absolute Gasteiger partial charge is 0.339 e. The molecule has 9 heteroatoms. The van der Waals surface area contributed by atoms with E-state index in [0.29, 0.717) is 25.5 Å². The van der Waals surface area contributed by atoms with E-state index in [2.05, 4.69) is 20.4 Å². The number of carbonyl (C=O) groups excluding carboxylic acids is 1. The molecule has 0 aromatic carbocycles. The minimum absolute atomic E-state index is 0.0382. The Labute approximate surface area is 157 Å². The van der Waals surface area contributed by atoms with Gasteiger partial charge in [-0.15, -0.1) is 0 Å². The van der Waals surface area contributed by atoms with Crippen molar-refractivity contribution in [2.24, 2.45) is 7.05 Å². The van der Waals surface area contributed by atoms with Crippen LogP contribution in [-0.4, -0.2) is 50.0 Å². The number of aromatic nitrogens is 4. The van der Waals surface area contributed by atoms with Crippen LogP contribution in [0.15, 0.2) is 15.9 Å². The Morgan fingerprint density at radius 2 is 2.15 bits per heavy atom. The van der Waals surface area contributed by atoms with Crippen LogP contribution in [0, 0.1) is 0 Å². The summed E-state index contributed by atoms with van der Waals surface area (Å²) in [7, 11) is 1.96. The van der Waals surface area contributed by atoms with Gasteiger partial charge in [0.1, 0.15) is 0 Å². The molecule has 1 aliphatic rings. The number of amides is 2. The zero-order chi connectivity index (χ0) is 18.7. The summed E-state index contributed by atoms with van der Waals surface area (Å²) in [4.78, 5) is 23.1. The zero-order valence-electron chi connectivity index (χ0n) is 15.7. The third-order valence-corrected chi connectivity index (χ3v) is 5.49. The van der Waals surface area contributed by atoms with E-state index >= 15 is 0 Å². The number of hydrogen-bond acceptors (Lipinski definition) is 6. The number of likely N-dealkylation sites (tertiary alicyclic amines) is 1. The van der Waals surface area contributed by atoms with E-state index in [9.17, 15) is 4.79 Å². The molecule has 1 fully saturated rings. The molecule has 2 aromatic heterocycles. The molecule has 3 rings (SSSR count). The Morgan fingerprint density at radius 3 is 2.73 bits per heavy atom. The summed E-state index contributed by atoms with van der Waals surface area (Å²) < 4.78 is 7.40. The van der Waals surface area contributed by atoms with Crippen molar-refractivity contribution < 1.29 is 9.32 Å². The molecular weight excluding hydrogens is 352 g/mol. The molecule has 0 unspecified atom stereocenters. The molecule has 0 saturated carbocycles. The van der Waals surface area contributed by atoms with Crippen molar-refractivity contribution >= 4 is 17.8 Å². The molecule has 0 bridgehead atoms. The first-order valence-electron chi connectivity index (χ1n) is 8.90. The second-order valence-corrected chi connectivity index (χ2v) is 7.63. The van der Waals surface area contributed by atoms with Gasteiger partial charge < -0.3 is 19.3 Å². The van der Waals surface area contributed by atoms with Crippen LogP contribution in [0.1, 0.15) is 55.9 Å². The lowest BCUT2D eigenvalue weighted by molar-refractivity contribution is 0.174. The Morgan fingerprint density at radius 1 is 1.42 bits per heavy atom. The molecule has 0 atom stereocenters. The number of piperidine rings is 1. The van der Waals surface area contributed by atoms with Gasteiger partial charge in [0.2, 0.25) is 5.89 Å². The molecule has 26 heavy (non-hydrogen) atoms. The Bertz CT molecular complexity index is 748. The lowest BCUT2D eigenvalue weighted by Gasteiger charge is -2.30. The van der Waals surface area contributed by atoms with Gasteiger partial charge in [0.25, 0.3) is 0 Å². The van der Waals surface area contributed by atoms with Gasteiger partial charge in [-0.1, -0.05) is 30.8 Å². The molecule has 1 aliphatic heterocycles. The van der Waals surface area contributed by atoms with Crippen molar-refractivity contribution in [2.45, 2.75) is 50.2 Å². The summed E-state index contributed by atoms with van der Waals surface area (Å²) >= 11 is 1.59. The number of urea groups is 1. The number of rotatable bonds is 5. The minimum Gasteiger partial charge on any atom is -0.339 e. The zero-order valence-corrected chi connectivity index (χ0v) is 16.5. The van der Waals surface area contributed by atoms with E-state index in [-0.39, 0.29) is 17.9 Å². The maximum absolute atomic E-state index is 12.4. The van der Waals surface area contributed by atoms with E-state index in [1.807, 2.05) is 36.6 Å². The molecule has 2 amide bonds. The summed E-state index contributed by atoms with van der Waals surface area (Å²) in [5.41, 5.74) is 0.990. The van der Waals surface area contributed by atoms with Crippen molar-refractivity contribution in [3.05, 3.63) is 23.6 Å². The monoisotopic (exact) mass is 378 g/mol. The van der Waals surface area contributed by atoms with Crippen molar-refractivity contribution in [2.75, 3.05) is 19.3 Å². The average Bonchev–Trinajstić information content (AvgIpc) is 3.27. The number of imidazole rings is 1. The van der Waals surface area contributed by atoms with Crippen LogP contribution in [-0.2, 0) is 13.6 Å². The third-order valence-electron chi connectivity index (χ3n) is 4.75. The molecule has 0 radical (unpaired) electrons. The molecule has 1 N–H and O–H groups in total. The number of hydrogen-bond donors (Lipinski definition) is 1. The van der Waals surface area contributed by atoms with Crippen LogP contribution >= 0.6 is 11.8 Å². The fourth-order valence-electron chi connectivity index (χ4n) is 3.03. The van der Waals surface area contributed by atoms with E-state index in [1.54, 1.807) is 18.0 Å². The van der Waals surface area contributed by atoms with E-state index in [0.717, 1.165) is 29.5 Å². The first-order chi connectivity index (χ1) is 12.5. The van der Waals surface area contributed by atoms with E-state index < -0.39 is 0 Å². The smallest absolute Gasteiger partial charge is 0.317 e. The quantitative estimate of drug-likeness (QED) is 0.805. The van der Waals surface area contributed by atoms with Crippen LogP contribution in [0.3, 0.4) is 0 Å². The van der Waals surface area contributed by atoms with Gasteiger partial charge >= 0.3 is 6.03 Å². The first-order valence-corrected chi connectivity index (χ1v) is 10.1. The highest BCUT2D eigenvalue weighted by atomic mass is 32.2. The van der Waals surface area contributed by atoms with Crippen LogP contribution in [0.5, 0.6) is 0 Å². The van der Waals surface area contributed by atoms with Gasteiger partial charge in [-0.05, 0) is 19.1 Å². The van der Waals surface area contributed by atoms with Gasteiger partial charge in [0.05, 0.1) is 18.4 Å². The van der Waals surface area contributed by atoms with Crippen LogP contribution in [0.4, 0.5) is 4.79 Å². The summed E-state index contributed by atoms with van der Waals surface area (Å²) in [6, 6.07) is -0.0382. The Hall–Kier alpha value is -2.03. The summed E-state index contributed by atoms with van der Waals surface area (Å²) in [5.74, 6) is 1.95. The van der Waals surface area contributed by atoms with Crippen molar-refractivity contribution in [1.82, 2.24) is 29.9 Å². The van der Waals surface area contributed by atoms with Gasteiger partial charge in [-0.3, -0.25) is 0 Å². The maximum atomic E-state index is 12.4. The Kier molecular flexibility index (Phi) is 5.85. The van der Waals surface area contributed by atoms with Crippen LogP contribution < -0.4 is 5.32 Å². The van der Waals surface area contributed by atoms with Gasteiger partial charge in [-0.25, -0.2) is 9.78 Å². The minimum atomic E-state index is -0.0382. The highest BCUT2D eigenvalue weighted by molar-refractivity contribution is 7.98. The fourth-order valence-corrected chi connectivity index (χ4v) is 3.58. The molecule has 2 aromatic rings. The lowest BCUT2D eigenvalue weighted by Crippen LogP contribution is -2.44. The second kappa shape index (κ2) is 8.11. The Balaban J connectivity index is 1.49. The normalized spacial score (nSPS) is 15.7. The lowest BCUT2D eigenvalue weighted by atomic mass is 9.97. The number of thioether (sulfide) groups is 1. The van der Waals surface area contributed by atoms with E-state index in [1.165, 1.54) is 0 Å². The molecule has 3 heterocycles. The molecule has 0 aliphatic carbocycles. The van der Waals surface area contributed by atoms with E-state index in [4.69, 9.17) is 4.52 Å². The van der Waals surface area contributed by atoms with Crippen molar-refractivity contribution in [3.8, 4) is 0 Å². The number of nitrogens with one attached hydrogen (secondary N) is 1. The third kappa shape index (κ3) is 4.03. The van der Waals surface area contributed by atoms with Gasteiger partial charge in [0.15, 0.2) is 11.0 Å². The fraction of sp³-hybridized carbons (Fsp3) is 0.647. The average molecular weight is 379 g/mol. The molecule has 1 saturated heterocycles. The summed E-state index contributed by atoms with van der Waals surface area (Å²) in [5, 5.41) is 7.96. The highest BCUT2D eigenvalue weighted by Crippen LogP contribution is 2.27. The standard InChI is InChI=1S/C17H26N6O2S/c1-11(2)14-20-15(25-21-14)12-5-7-23(8-6-12)16(24)18-9-13-10-19-17(26-4)22(13)3/h10-12H,5-9H2,1-4H3,(H,18,24). The molecule has 8 nitrogen and oxygen atoms in total. The predicted molar refractivity (Wildman–Crippen MR) is 99.2 cm³/mol. The first kappa shape index (κ1) is 18.8. The second-order valence-electron chi connectivity index (χ2n) is 6.86. The van der Waals surface area contributed by atoms with Crippen LogP contribution in [0.25, 0.3) is 0 Å². The molecule has 0 spiro atoms. The van der Waals surface area contributed by atoms with Gasteiger partial charge in [0, 0.05) is 32.0 Å². The summed E-state index contributed by atoms with van der Waals surface area (Å²) in [6.45, 7) is 5.96. The summed E-state index contributed by atoms with van der Waals surface area (Å²) in [6.07, 6.45) is 5.48.